The van der Waals surface area contributed by atoms with Crippen molar-refractivity contribution >= 4 is 29.2 Å². The molecule has 0 fully saturated rings. The highest BCUT2D eigenvalue weighted by Crippen LogP contribution is 2.17. The maximum atomic E-state index is 11.9. The number of carbonyl (C=O) groups is 2. The van der Waals surface area contributed by atoms with Gasteiger partial charge in [-0.3, -0.25) is 9.59 Å². The lowest BCUT2D eigenvalue weighted by atomic mass is 10.2. The lowest BCUT2D eigenvalue weighted by Crippen LogP contribution is -2.07. The van der Waals surface area contributed by atoms with Gasteiger partial charge in [-0.05, 0) is 30.7 Å². The molecule has 0 N–H and O–H groups in total. The molecule has 0 aliphatic rings. The molecule has 0 bridgehead atoms. The summed E-state index contributed by atoms with van der Waals surface area (Å²) in [6.45, 7) is 2.18. The summed E-state index contributed by atoms with van der Waals surface area (Å²) in [5, 5.41) is 0. The quantitative estimate of drug-likeness (QED) is 0.566. The third-order valence-corrected chi connectivity index (χ3v) is 4.06. The minimum Gasteiger partial charge on any atom is -0.461 e. The van der Waals surface area contributed by atoms with Gasteiger partial charge in [-0.15, -0.1) is 11.3 Å². The first-order valence-corrected chi connectivity index (χ1v) is 7.93. The van der Waals surface area contributed by atoms with E-state index in [2.05, 4.69) is 0 Å². The molecule has 2 aromatic rings. The predicted octanol–water partition coefficient (Wildman–Crippen LogP) is 4.28. The number of hydrogen-bond acceptors (Lipinski definition) is 4. The van der Waals surface area contributed by atoms with Crippen molar-refractivity contribution in [3.63, 3.8) is 0 Å². The van der Waals surface area contributed by atoms with Gasteiger partial charge in [0.15, 0.2) is 5.78 Å². The molecule has 22 heavy (non-hydrogen) atoms. The molecule has 0 amide bonds. The first-order chi connectivity index (χ1) is 10.6. The monoisotopic (exact) mass is 314 g/mol. The number of ether oxygens (including phenoxy) is 1. The van der Waals surface area contributed by atoms with Crippen molar-refractivity contribution in [3.05, 3.63) is 63.9 Å². The molecular weight excluding hydrogens is 296 g/mol. The van der Waals surface area contributed by atoms with Crippen LogP contribution in [0.4, 0.5) is 0 Å². The van der Waals surface area contributed by atoms with E-state index >= 15 is 0 Å². The molecule has 0 atom stereocenters. The summed E-state index contributed by atoms with van der Waals surface area (Å²) >= 11 is 1.45. The summed E-state index contributed by atoms with van der Waals surface area (Å²) in [7, 11) is 0. The highest BCUT2D eigenvalue weighted by Gasteiger charge is 2.11. The largest absolute Gasteiger partial charge is 0.461 e. The zero-order valence-corrected chi connectivity index (χ0v) is 13.3. The third kappa shape index (κ3) is 5.30. The molecule has 1 aromatic heterocycles. The molecule has 4 heteroatoms. The summed E-state index contributed by atoms with van der Waals surface area (Å²) in [6.07, 6.45) is 4.00. The molecule has 1 heterocycles. The van der Waals surface area contributed by atoms with Gasteiger partial charge in [-0.2, -0.15) is 0 Å². The van der Waals surface area contributed by atoms with E-state index in [0.717, 1.165) is 10.4 Å². The molecule has 0 spiro atoms. The van der Waals surface area contributed by atoms with Crippen LogP contribution in [0.1, 0.15) is 33.0 Å². The van der Waals surface area contributed by atoms with Gasteiger partial charge in [0, 0.05) is 11.3 Å². The van der Waals surface area contributed by atoms with E-state index in [1.165, 1.54) is 11.3 Å². The Balaban J connectivity index is 1.68. The van der Waals surface area contributed by atoms with E-state index in [1.54, 1.807) is 12.1 Å². The first kappa shape index (κ1) is 16.2. The third-order valence-electron chi connectivity index (χ3n) is 3.02. The number of carbonyl (C=O) groups excluding carboxylic acids is 2. The van der Waals surface area contributed by atoms with Gasteiger partial charge in [-0.25, -0.2) is 0 Å². The number of hydrogen-bond donors (Lipinski definition) is 0. The van der Waals surface area contributed by atoms with Gasteiger partial charge in [0.25, 0.3) is 0 Å². The van der Waals surface area contributed by atoms with Crippen molar-refractivity contribution in [1.82, 2.24) is 0 Å². The van der Waals surface area contributed by atoms with Gasteiger partial charge in [0.05, 0.1) is 11.3 Å². The van der Waals surface area contributed by atoms with E-state index in [4.69, 9.17) is 4.74 Å². The Morgan fingerprint density at radius 1 is 1.09 bits per heavy atom. The van der Waals surface area contributed by atoms with Crippen molar-refractivity contribution < 1.29 is 14.3 Å². The van der Waals surface area contributed by atoms with Gasteiger partial charge in [0.1, 0.15) is 6.61 Å². The Labute approximate surface area is 134 Å². The van der Waals surface area contributed by atoms with Crippen molar-refractivity contribution in [2.45, 2.75) is 19.8 Å². The van der Waals surface area contributed by atoms with Crippen LogP contribution in [0.3, 0.4) is 0 Å². The molecule has 2 rings (SSSR count). The van der Waals surface area contributed by atoms with Gasteiger partial charge in [-0.1, -0.05) is 36.4 Å². The minimum absolute atomic E-state index is 0.00474. The molecule has 0 unspecified atom stereocenters. The predicted molar refractivity (Wildman–Crippen MR) is 89.1 cm³/mol. The number of thiophene rings is 1. The Bertz CT molecular complexity index is 656. The number of ketones is 1. The summed E-state index contributed by atoms with van der Waals surface area (Å²) in [4.78, 5) is 25.3. The molecule has 3 nitrogen and oxygen atoms in total. The Morgan fingerprint density at radius 3 is 2.55 bits per heavy atom. The summed E-state index contributed by atoms with van der Waals surface area (Å²) in [6, 6.07) is 13.5. The smallest absolute Gasteiger partial charge is 0.306 e. The number of aryl methyl sites for hydroxylation is 1. The van der Waals surface area contributed by atoms with E-state index in [-0.39, 0.29) is 31.2 Å². The summed E-state index contributed by atoms with van der Waals surface area (Å²) in [5.41, 5.74) is 1.06. The lowest BCUT2D eigenvalue weighted by Gasteiger charge is -2.01. The molecule has 1 aromatic carbocycles. The number of benzene rings is 1. The standard InChI is InChI=1S/C18H18O3S/c1-14-9-11-17(22-14)16(19)10-12-18(20)21-13-5-8-15-6-3-2-4-7-15/h2-9,11H,10,12-13H2,1H3/b8-5+. The Morgan fingerprint density at radius 2 is 1.86 bits per heavy atom. The zero-order chi connectivity index (χ0) is 15.8. The Hall–Kier alpha value is -2.20. The van der Waals surface area contributed by atoms with Gasteiger partial charge >= 0.3 is 5.97 Å². The van der Waals surface area contributed by atoms with E-state index < -0.39 is 0 Å². The average molecular weight is 314 g/mol. The van der Waals surface area contributed by atoms with Crippen LogP contribution in [-0.4, -0.2) is 18.4 Å². The molecular formula is C18H18O3S. The van der Waals surface area contributed by atoms with Gasteiger partial charge < -0.3 is 4.74 Å². The van der Waals surface area contributed by atoms with Crippen LogP contribution in [0.2, 0.25) is 0 Å². The summed E-state index contributed by atoms with van der Waals surface area (Å²) in [5.74, 6) is -0.353. The molecule has 0 aliphatic carbocycles. The van der Waals surface area contributed by atoms with Crippen LogP contribution in [-0.2, 0) is 9.53 Å². The zero-order valence-electron chi connectivity index (χ0n) is 12.5. The van der Waals surface area contributed by atoms with E-state index in [1.807, 2.05) is 49.4 Å². The van der Waals surface area contributed by atoms with E-state index in [9.17, 15) is 9.59 Å². The number of Topliss-reactive ketones (excluding diaryl/α,β-unsaturated/α-hetero) is 1. The lowest BCUT2D eigenvalue weighted by molar-refractivity contribution is -0.142. The fourth-order valence-electron chi connectivity index (χ4n) is 1.88. The first-order valence-electron chi connectivity index (χ1n) is 7.12. The van der Waals surface area contributed by atoms with Crippen molar-refractivity contribution in [1.29, 1.82) is 0 Å². The second-order valence-electron chi connectivity index (χ2n) is 4.83. The van der Waals surface area contributed by atoms with Crippen molar-refractivity contribution in [2.24, 2.45) is 0 Å². The topological polar surface area (TPSA) is 43.4 Å². The molecule has 114 valence electrons. The second-order valence-corrected chi connectivity index (χ2v) is 6.12. The molecule has 0 saturated carbocycles. The fourth-order valence-corrected chi connectivity index (χ4v) is 2.72. The normalized spacial score (nSPS) is 10.8. The van der Waals surface area contributed by atoms with E-state index in [0.29, 0.717) is 4.88 Å². The average Bonchev–Trinajstić information content (AvgIpc) is 2.97. The number of rotatable bonds is 7. The summed E-state index contributed by atoms with van der Waals surface area (Å²) < 4.78 is 5.08. The molecule has 0 aliphatic heterocycles. The van der Waals surface area contributed by atoms with Crippen molar-refractivity contribution in [3.8, 4) is 0 Å². The Kier molecular flexibility index (Phi) is 6.10. The van der Waals surface area contributed by atoms with Crippen LogP contribution in [0.15, 0.2) is 48.5 Å². The highest BCUT2D eigenvalue weighted by molar-refractivity contribution is 7.14. The maximum Gasteiger partial charge on any atom is 0.306 e. The van der Waals surface area contributed by atoms with Crippen LogP contribution in [0, 0.1) is 6.92 Å². The van der Waals surface area contributed by atoms with Crippen LogP contribution in [0.5, 0.6) is 0 Å². The molecule has 0 saturated heterocycles. The SMILES string of the molecule is Cc1ccc(C(=O)CCC(=O)OC/C=C/c2ccccc2)s1. The fraction of sp³-hybridized carbons (Fsp3) is 0.222. The number of esters is 1. The highest BCUT2D eigenvalue weighted by atomic mass is 32.1. The van der Waals surface area contributed by atoms with Gasteiger partial charge in [0.2, 0.25) is 0 Å². The van der Waals surface area contributed by atoms with Crippen molar-refractivity contribution in [2.75, 3.05) is 6.61 Å². The van der Waals surface area contributed by atoms with Crippen LogP contribution >= 0.6 is 11.3 Å². The van der Waals surface area contributed by atoms with Crippen LogP contribution in [0.25, 0.3) is 6.08 Å². The second kappa shape index (κ2) is 8.29. The minimum atomic E-state index is -0.348. The van der Waals surface area contributed by atoms with Crippen LogP contribution < -0.4 is 0 Å². The maximum absolute atomic E-state index is 11.9. The molecule has 0 radical (unpaired) electrons.